The average Bonchev–Trinajstić information content (AvgIpc) is 3.37. The molecule has 4 heterocycles. The molecule has 9 nitrogen and oxygen atoms in total. The third kappa shape index (κ3) is 4.37. The van der Waals surface area contributed by atoms with E-state index in [1.165, 1.54) is 15.6 Å². The number of amides is 1. The maximum atomic E-state index is 12.5. The number of likely N-dealkylation sites (N-methyl/N-ethyl adjacent to an activating group) is 1. The molecule has 2 aliphatic heterocycles. The van der Waals surface area contributed by atoms with E-state index in [9.17, 15) is 13.2 Å². The molecule has 0 radical (unpaired) electrons. The predicted molar refractivity (Wildman–Crippen MR) is 105 cm³/mol. The van der Waals surface area contributed by atoms with Crippen molar-refractivity contribution >= 4 is 27.3 Å². The number of aromatic nitrogens is 2. The summed E-state index contributed by atoms with van der Waals surface area (Å²) in [6.07, 6.45) is 2.03. The number of carbonyl (C=O) groups is 1. The molecule has 0 saturated carbocycles. The van der Waals surface area contributed by atoms with Gasteiger partial charge in [0.25, 0.3) is 10.0 Å². The molecule has 2 aliphatic rings. The quantitative estimate of drug-likeness (QED) is 0.640. The zero-order valence-electron chi connectivity index (χ0n) is 16.2. The van der Waals surface area contributed by atoms with E-state index in [0.717, 1.165) is 12.8 Å². The van der Waals surface area contributed by atoms with Gasteiger partial charge < -0.3 is 14.2 Å². The van der Waals surface area contributed by atoms with Gasteiger partial charge in [0.15, 0.2) is 5.82 Å². The van der Waals surface area contributed by atoms with Crippen LogP contribution in [0.25, 0.3) is 0 Å². The van der Waals surface area contributed by atoms with Crippen molar-refractivity contribution in [3.63, 3.8) is 0 Å². The van der Waals surface area contributed by atoms with Crippen LogP contribution in [0.5, 0.6) is 0 Å². The Morgan fingerprint density at radius 3 is 2.79 bits per heavy atom. The number of carbonyl (C=O) groups excluding carboxylic acids is 1. The SMILES string of the molecule is CN(CCc1noc(C2CN(S(=O)(=O)c3cccs3)C2)n1)C(=O)C1CCOCC1. The fraction of sp³-hybridized carbons (Fsp3) is 0.611. The molecule has 29 heavy (non-hydrogen) atoms. The lowest BCUT2D eigenvalue weighted by atomic mass is 9.99. The molecule has 1 amide bonds. The monoisotopic (exact) mass is 440 g/mol. The van der Waals surface area contributed by atoms with Crippen molar-refractivity contribution in [2.45, 2.75) is 29.4 Å². The highest BCUT2D eigenvalue weighted by atomic mass is 32.2. The molecular formula is C18H24N4O5S2. The summed E-state index contributed by atoms with van der Waals surface area (Å²) in [6.45, 7) is 2.46. The van der Waals surface area contributed by atoms with Crippen LogP contribution in [0.2, 0.25) is 0 Å². The predicted octanol–water partition coefficient (Wildman–Crippen LogP) is 1.35. The van der Waals surface area contributed by atoms with Gasteiger partial charge in [-0.1, -0.05) is 11.2 Å². The lowest BCUT2D eigenvalue weighted by Gasteiger charge is -2.35. The highest BCUT2D eigenvalue weighted by Gasteiger charge is 2.40. The molecule has 2 saturated heterocycles. The Bertz CT molecular complexity index is 931. The van der Waals surface area contributed by atoms with Gasteiger partial charge in [-0.3, -0.25) is 4.79 Å². The van der Waals surface area contributed by atoms with Gasteiger partial charge in [0, 0.05) is 52.2 Å². The van der Waals surface area contributed by atoms with Crippen molar-refractivity contribution in [2.24, 2.45) is 5.92 Å². The van der Waals surface area contributed by atoms with Crippen molar-refractivity contribution in [1.29, 1.82) is 0 Å². The standard InChI is InChI=1S/C18H24N4O5S2/c1-21(18(23)13-5-8-26-9-6-13)7-4-15-19-17(27-20-15)14-11-22(12-14)29(24,25)16-3-2-10-28-16/h2-3,10,13-14H,4-9,11-12H2,1H3. The van der Waals surface area contributed by atoms with Crippen LogP contribution in [0.4, 0.5) is 0 Å². The number of nitrogens with zero attached hydrogens (tertiary/aromatic N) is 4. The van der Waals surface area contributed by atoms with E-state index >= 15 is 0 Å². The molecule has 158 valence electrons. The van der Waals surface area contributed by atoms with Crippen LogP contribution in [0.1, 0.15) is 30.5 Å². The Morgan fingerprint density at radius 1 is 1.34 bits per heavy atom. The Balaban J connectivity index is 1.27. The zero-order valence-corrected chi connectivity index (χ0v) is 17.8. The summed E-state index contributed by atoms with van der Waals surface area (Å²) in [5, 5.41) is 5.74. The van der Waals surface area contributed by atoms with Gasteiger partial charge in [0.1, 0.15) is 4.21 Å². The molecule has 4 rings (SSSR count). The van der Waals surface area contributed by atoms with E-state index in [2.05, 4.69) is 10.1 Å². The minimum atomic E-state index is -3.43. The normalized spacial score (nSPS) is 19.2. The molecule has 0 aromatic carbocycles. The number of hydrogen-bond donors (Lipinski definition) is 0. The second kappa shape index (κ2) is 8.50. The Kier molecular flexibility index (Phi) is 6.00. The zero-order chi connectivity index (χ0) is 20.4. The van der Waals surface area contributed by atoms with E-state index in [4.69, 9.17) is 9.26 Å². The Hall–Kier alpha value is -1.82. The fourth-order valence-electron chi connectivity index (χ4n) is 3.50. The van der Waals surface area contributed by atoms with Gasteiger partial charge in [0.2, 0.25) is 11.8 Å². The Labute approximate surface area is 173 Å². The number of sulfonamides is 1. The van der Waals surface area contributed by atoms with Crippen molar-refractivity contribution in [2.75, 3.05) is 39.9 Å². The van der Waals surface area contributed by atoms with Gasteiger partial charge in [-0.15, -0.1) is 11.3 Å². The summed E-state index contributed by atoms with van der Waals surface area (Å²) in [5.74, 6) is 1.06. The summed E-state index contributed by atoms with van der Waals surface area (Å²) < 4.78 is 37.3. The third-order valence-corrected chi connectivity index (χ3v) is 8.59. The van der Waals surface area contributed by atoms with E-state index < -0.39 is 10.0 Å². The summed E-state index contributed by atoms with van der Waals surface area (Å²) in [7, 11) is -1.64. The molecule has 0 aliphatic carbocycles. The molecular weight excluding hydrogens is 416 g/mol. The highest BCUT2D eigenvalue weighted by molar-refractivity contribution is 7.91. The van der Waals surface area contributed by atoms with Crippen LogP contribution in [-0.2, 0) is 26.0 Å². The summed E-state index contributed by atoms with van der Waals surface area (Å²) in [5.41, 5.74) is 0. The number of ether oxygens (including phenoxy) is 1. The molecule has 0 unspecified atom stereocenters. The lowest BCUT2D eigenvalue weighted by Crippen LogP contribution is -2.48. The van der Waals surface area contributed by atoms with Crippen LogP contribution >= 0.6 is 11.3 Å². The first-order valence-corrected chi connectivity index (χ1v) is 12.0. The second-order valence-corrected chi connectivity index (χ2v) is 10.5. The molecule has 0 N–H and O–H groups in total. The average molecular weight is 441 g/mol. The van der Waals surface area contributed by atoms with Gasteiger partial charge in [0.05, 0.1) is 5.92 Å². The first-order chi connectivity index (χ1) is 13.9. The number of thiophene rings is 1. The largest absolute Gasteiger partial charge is 0.381 e. The van der Waals surface area contributed by atoms with Crippen molar-refractivity contribution < 1.29 is 22.5 Å². The van der Waals surface area contributed by atoms with Gasteiger partial charge in [-0.25, -0.2) is 8.42 Å². The summed E-state index contributed by atoms with van der Waals surface area (Å²) in [4.78, 5) is 18.6. The smallest absolute Gasteiger partial charge is 0.252 e. The number of hydrogen-bond acceptors (Lipinski definition) is 8. The van der Waals surface area contributed by atoms with Crippen molar-refractivity contribution in [3.8, 4) is 0 Å². The van der Waals surface area contributed by atoms with Crippen molar-refractivity contribution in [3.05, 3.63) is 29.2 Å². The van der Waals surface area contributed by atoms with Crippen LogP contribution in [-0.4, -0.2) is 73.6 Å². The second-order valence-electron chi connectivity index (χ2n) is 7.40. The summed E-state index contributed by atoms with van der Waals surface area (Å²) in [6, 6.07) is 3.33. The molecule has 0 atom stereocenters. The maximum Gasteiger partial charge on any atom is 0.252 e. The molecule has 0 bridgehead atoms. The minimum Gasteiger partial charge on any atom is -0.381 e. The highest BCUT2D eigenvalue weighted by Crippen LogP contribution is 2.32. The van der Waals surface area contributed by atoms with Gasteiger partial charge in [-0.05, 0) is 24.3 Å². The van der Waals surface area contributed by atoms with Crippen LogP contribution < -0.4 is 0 Å². The van der Waals surface area contributed by atoms with Crippen LogP contribution in [0.15, 0.2) is 26.2 Å². The summed E-state index contributed by atoms with van der Waals surface area (Å²) >= 11 is 1.21. The molecule has 2 aromatic heterocycles. The van der Waals surface area contributed by atoms with E-state index in [-0.39, 0.29) is 17.7 Å². The van der Waals surface area contributed by atoms with Crippen molar-refractivity contribution in [1.82, 2.24) is 19.3 Å². The minimum absolute atomic E-state index is 0.0285. The number of rotatable bonds is 7. The third-order valence-electron chi connectivity index (χ3n) is 5.39. The van der Waals surface area contributed by atoms with Crippen LogP contribution in [0.3, 0.4) is 0 Å². The molecule has 2 fully saturated rings. The van der Waals surface area contributed by atoms with Gasteiger partial charge >= 0.3 is 0 Å². The topological polar surface area (TPSA) is 106 Å². The first kappa shape index (κ1) is 20.5. The van der Waals surface area contributed by atoms with E-state index in [1.807, 2.05) is 0 Å². The molecule has 2 aromatic rings. The maximum absolute atomic E-state index is 12.5. The Morgan fingerprint density at radius 2 is 2.10 bits per heavy atom. The van der Waals surface area contributed by atoms with E-state index in [1.54, 1.807) is 29.5 Å². The molecule has 11 heteroatoms. The molecule has 0 spiro atoms. The first-order valence-electron chi connectivity index (χ1n) is 9.64. The fourth-order valence-corrected chi connectivity index (χ4v) is 6.17. The lowest BCUT2D eigenvalue weighted by molar-refractivity contribution is -0.137. The van der Waals surface area contributed by atoms with E-state index in [0.29, 0.717) is 55.2 Å². The van der Waals surface area contributed by atoms with Crippen LogP contribution in [0, 0.1) is 5.92 Å². The van der Waals surface area contributed by atoms with Gasteiger partial charge in [-0.2, -0.15) is 9.29 Å².